The number of thiophene rings is 1. The lowest BCUT2D eigenvalue weighted by molar-refractivity contribution is 0.413. The van der Waals surface area contributed by atoms with Gasteiger partial charge in [-0.2, -0.15) is 4.98 Å². The van der Waals surface area contributed by atoms with Crippen molar-refractivity contribution in [3.8, 4) is 16.5 Å². The summed E-state index contributed by atoms with van der Waals surface area (Å²) in [5, 5.41) is 5.47. The van der Waals surface area contributed by atoms with E-state index in [9.17, 15) is 8.42 Å². The number of methoxy groups -OCH3 is 1. The first-order valence-electron chi connectivity index (χ1n) is 6.54. The van der Waals surface area contributed by atoms with E-state index in [1.165, 1.54) is 30.6 Å². The van der Waals surface area contributed by atoms with Crippen LogP contribution in [-0.4, -0.2) is 25.7 Å². The molecule has 3 aromatic rings. The minimum absolute atomic E-state index is 0.107. The summed E-state index contributed by atoms with van der Waals surface area (Å²) in [5.74, 6) is 1.22. The second-order valence-corrected chi connectivity index (χ2v) is 7.19. The number of rotatable bonds is 5. The van der Waals surface area contributed by atoms with Gasteiger partial charge in [0.25, 0.3) is 15.9 Å². The summed E-state index contributed by atoms with van der Waals surface area (Å²) in [4.78, 5) is 4.80. The number of nitrogens with zero attached hydrogens (tertiary/aromatic N) is 2. The van der Waals surface area contributed by atoms with E-state index >= 15 is 0 Å². The molecule has 0 aliphatic rings. The molecule has 9 heteroatoms. The lowest BCUT2D eigenvalue weighted by Gasteiger charge is -2.08. The second-order valence-electron chi connectivity index (χ2n) is 4.59. The van der Waals surface area contributed by atoms with Crippen LogP contribution in [-0.2, 0) is 10.0 Å². The average molecular weight is 351 g/mol. The molecule has 0 unspecified atom stereocenters. The highest BCUT2D eigenvalue weighted by Gasteiger charge is 2.20. The van der Waals surface area contributed by atoms with Crippen molar-refractivity contribution < 1.29 is 17.7 Å². The molecule has 1 aromatic carbocycles. The predicted molar refractivity (Wildman–Crippen MR) is 86.2 cm³/mol. The van der Waals surface area contributed by atoms with Crippen molar-refractivity contribution in [2.75, 3.05) is 11.8 Å². The third kappa shape index (κ3) is 3.20. The molecule has 3 rings (SSSR count). The second kappa shape index (κ2) is 6.01. The number of aromatic nitrogens is 2. The van der Waals surface area contributed by atoms with E-state index in [2.05, 4.69) is 14.9 Å². The molecule has 2 aromatic heterocycles. The van der Waals surface area contributed by atoms with Gasteiger partial charge in [-0.3, -0.25) is 4.72 Å². The van der Waals surface area contributed by atoms with Gasteiger partial charge in [-0.25, -0.2) is 8.42 Å². The van der Waals surface area contributed by atoms with Gasteiger partial charge >= 0.3 is 0 Å². The SMILES string of the molecule is COc1cccc(S(=O)(=O)Nc2ccsc2-c2nc(C)no2)c1. The number of ether oxygens (including phenoxy) is 1. The molecule has 0 radical (unpaired) electrons. The molecule has 0 saturated heterocycles. The molecule has 0 fully saturated rings. The summed E-state index contributed by atoms with van der Waals surface area (Å²) >= 11 is 1.31. The smallest absolute Gasteiger partial charge is 0.270 e. The molecule has 0 saturated carbocycles. The molecule has 120 valence electrons. The first-order valence-corrected chi connectivity index (χ1v) is 8.91. The van der Waals surface area contributed by atoms with Crippen LogP contribution in [0, 0.1) is 6.92 Å². The van der Waals surface area contributed by atoms with Crippen LogP contribution >= 0.6 is 11.3 Å². The Balaban J connectivity index is 1.94. The van der Waals surface area contributed by atoms with Crippen molar-refractivity contribution in [1.29, 1.82) is 0 Å². The molecule has 7 nitrogen and oxygen atoms in total. The zero-order chi connectivity index (χ0) is 16.4. The summed E-state index contributed by atoms with van der Waals surface area (Å²) in [6.07, 6.45) is 0. The number of hydrogen-bond donors (Lipinski definition) is 1. The predicted octanol–water partition coefficient (Wildman–Crippen LogP) is 2.92. The van der Waals surface area contributed by atoms with Gasteiger partial charge in [-0.1, -0.05) is 11.2 Å². The van der Waals surface area contributed by atoms with Gasteiger partial charge in [0.15, 0.2) is 5.82 Å². The Morgan fingerprint density at radius 2 is 2.13 bits per heavy atom. The quantitative estimate of drug-likeness (QED) is 0.759. The topological polar surface area (TPSA) is 94.3 Å². The Hall–Kier alpha value is -2.39. The fraction of sp³-hybridized carbons (Fsp3) is 0.143. The van der Waals surface area contributed by atoms with Crippen molar-refractivity contribution in [1.82, 2.24) is 10.1 Å². The van der Waals surface area contributed by atoms with Crippen molar-refractivity contribution in [2.24, 2.45) is 0 Å². The van der Waals surface area contributed by atoms with Crippen LogP contribution in [0.1, 0.15) is 5.82 Å². The van der Waals surface area contributed by atoms with Crippen molar-refractivity contribution in [3.63, 3.8) is 0 Å². The summed E-state index contributed by atoms with van der Waals surface area (Å²) in [5.41, 5.74) is 0.390. The van der Waals surface area contributed by atoms with Crippen LogP contribution in [0.2, 0.25) is 0 Å². The minimum atomic E-state index is -3.75. The van der Waals surface area contributed by atoms with Crippen molar-refractivity contribution in [3.05, 3.63) is 41.5 Å². The number of nitrogens with one attached hydrogen (secondary N) is 1. The fourth-order valence-electron chi connectivity index (χ4n) is 1.92. The van der Waals surface area contributed by atoms with E-state index in [1.54, 1.807) is 30.5 Å². The van der Waals surface area contributed by atoms with Gasteiger partial charge in [0, 0.05) is 6.07 Å². The lowest BCUT2D eigenvalue weighted by atomic mass is 10.3. The number of benzene rings is 1. The third-order valence-electron chi connectivity index (χ3n) is 2.98. The normalized spacial score (nSPS) is 11.4. The van der Waals surface area contributed by atoms with Crippen LogP contribution in [0.25, 0.3) is 10.8 Å². The molecule has 0 aliphatic carbocycles. The van der Waals surface area contributed by atoms with Gasteiger partial charge in [-0.15, -0.1) is 11.3 Å². The Morgan fingerprint density at radius 1 is 1.30 bits per heavy atom. The summed E-state index contributed by atoms with van der Waals surface area (Å²) < 4.78 is 37.8. The first kappa shape index (κ1) is 15.5. The fourth-order valence-corrected chi connectivity index (χ4v) is 3.86. The Kier molecular flexibility index (Phi) is 4.05. The third-order valence-corrected chi connectivity index (χ3v) is 5.25. The highest BCUT2D eigenvalue weighted by molar-refractivity contribution is 7.92. The molecule has 0 atom stereocenters. The lowest BCUT2D eigenvalue weighted by Crippen LogP contribution is -2.13. The van der Waals surface area contributed by atoms with Crippen LogP contribution in [0.3, 0.4) is 0 Å². The number of anilines is 1. The Labute approximate surface area is 137 Å². The number of sulfonamides is 1. The molecule has 0 spiro atoms. The van der Waals surface area contributed by atoms with Gasteiger partial charge in [0.05, 0.1) is 17.7 Å². The Morgan fingerprint density at radius 3 is 2.83 bits per heavy atom. The van der Waals surface area contributed by atoms with Gasteiger partial charge in [0.1, 0.15) is 10.6 Å². The molecular weight excluding hydrogens is 338 g/mol. The van der Waals surface area contributed by atoms with E-state index < -0.39 is 10.0 Å². The monoisotopic (exact) mass is 351 g/mol. The van der Waals surface area contributed by atoms with E-state index in [0.717, 1.165) is 0 Å². The van der Waals surface area contributed by atoms with E-state index in [-0.39, 0.29) is 10.8 Å². The number of aryl methyl sites for hydroxylation is 1. The van der Waals surface area contributed by atoms with Crippen molar-refractivity contribution in [2.45, 2.75) is 11.8 Å². The maximum absolute atomic E-state index is 12.5. The molecule has 0 bridgehead atoms. The summed E-state index contributed by atoms with van der Waals surface area (Å²) in [7, 11) is -2.27. The Bertz CT molecular complexity index is 931. The van der Waals surface area contributed by atoms with Crippen molar-refractivity contribution >= 4 is 27.0 Å². The summed E-state index contributed by atoms with van der Waals surface area (Å²) in [6.45, 7) is 1.70. The van der Waals surface area contributed by atoms with Crippen LogP contribution in [0.15, 0.2) is 45.1 Å². The zero-order valence-corrected chi connectivity index (χ0v) is 13.9. The van der Waals surface area contributed by atoms with Crippen LogP contribution < -0.4 is 9.46 Å². The molecule has 0 aliphatic heterocycles. The zero-order valence-electron chi connectivity index (χ0n) is 12.3. The highest BCUT2D eigenvalue weighted by atomic mass is 32.2. The number of hydrogen-bond acceptors (Lipinski definition) is 7. The van der Waals surface area contributed by atoms with Gasteiger partial charge in [-0.05, 0) is 30.5 Å². The standard InChI is InChI=1S/C14H13N3O4S2/c1-9-15-14(21-16-9)13-12(6-7-22-13)17-23(18,19)11-5-3-4-10(8-11)20-2/h3-8,17H,1-2H3. The molecule has 23 heavy (non-hydrogen) atoms. The maximum Gasteiger partial charge on any atom is 0.270 e. The van der Waals surface area contributed by atoms with E-state index in [1.807, 2.05) is 0 Å². The first-order chi connectivity index (χ1) is 11.0. The molecule has 1 N–H and O–H groups in total. The largest absolute Gasteiger partial charge is 0.497 e. The minimum Gasteiger partial charge on any atom is -0.497 e. The van der Waals surface area contributed by atoms with E-state index in [4.69, 9.17) is 9.26 Å². The molecular formula is C14H13N3O4S2. The van der Waals surface area contributed by atoms with E-state index in [0.29, 0.717) is 22.1 Å². The van der Waals surface area contributed by atoms with Crippen LogP contribution in [0.5, 0.6) is 5.75 Å². The molecule has 2 heterocycles. The van der Waals surface area contributed by atoms with Gasteiger partial charge < -0.3 is 9.26 Å². The van der Waals surface area contributed by atoms with Crippen LogP contribution in [0.4, 0.5) is 5.69 Å². The maximum atomic E-state index is 12.5. The van der Waals surface area contributed by atoms with Gasteiger partial charge in [0.2, 0.25) is 0 Å². The molecule has 0 amide bonds. The highest BCUT2D eigenvalue weighted by Crippen LogP contribution is 2.34. The summed E-state index contributed by atoms with van der Waals surface area (Å²) in [6, 6.07) is 7.88. The average Bonchev–Trinajstić information content (AvgIpc) is 3.15.